The summed E-state index contributed by atoms with van der Waals surface area (Å²) in [6.07, 6.45) is 14.9. The molecule has 13 heteroatoms. The van der Waals surface area contributed by atoms with Gasteiger partial charge in [0.25, 0.3) is 5.60 Å². The molecule has 1 fully saturated rings. The number of nitrogens with one attached hydrogen (secondary N) is 3. The lowest BCUT2D eigenvalue weighted by molar-refractivity contribution is -0.158. The summed E-state index contributed by atoms with van der Waals surface area (Å²) in [5.74, 6) is -0.692. The number of aliphatic hydroxyl groups excluding tert-OH is 2. The normalized spacial score (nSPS) is 24.5. The molecule has 1 aromatic carbocycles. The maximum absolute atomic E-state index is 15.5. The van der Waals surface area contributed by atoms with Crippen LogP contribution in [0.5, 0.6) is 0 Å². The Bertz CT molecular complexity index is 2290. The number of nitrogen functional groups attached to an aromatic ring is 1. The van der Waals surface area contributed by atoms with Crippen LogP contribution in [0.1, 0.15) is 110 Å². The number of epoxide rings is 1. The predicted molar refractivity (Wildman–Crippen MR) is 248 cm³/mol. The number of rotatable bonds is 21. The highest BCUT2D eigenvalue weighted by molar-refractivity contribution is 6.33. The Hall–Kier alpha value is -5.05. The van der Waals surface area contributed by atoms with Crippen LogP contribution >= 0.6 is 0 Å². The summed E-state index contributed by atoms with van der Waals surface area (Å²) >= 11 is 0. The van der Waals surface area contributed by atoms with Crippen molar-refractivity contribution in [3.8, 4) is 0 Å². The van der Waals surface area contributed by atoms with Gasteiger partial charge in [0, 0.05) is 48.5 Å². The number of carbonyl (C=O) groups excluding carboxylic acids is 3. The number of hydrogen-bond acceptors (Lipinski definition) is 13. The van der Waals surface area contributed by atoms with Gasteiger partial charge in [-0.15, -0.1) is 0 Å². The van der Waals surface area contributed by atoms with Crippen LogP contribution in [0.15, 0.2) is 89.8 Å². The summed E-state index contributed by atoms with van der Waals surface area (Å²) in [5, 5.41) is 30.9. The van der Waals surface area contributed by atoms with Crippen molar-refractivity contribution in [3.05, 3.63) is 118 Å². The number of likely N-dealkylation sites (N-methyl/N-ethyl adjacent to an activating group) is 1. The van der Waals surface area contributed by atoms with E-state index in [-0.39, 0.29) is 42.0 Å². The topological polar surface area (TPSA) is 201 Å². The lowest BCUT2D eigenvalue weighted by Gasteiger charge is -2.40. The molecule has 0 unspecified atom stereocenters. The summed E-state index contributed by atoms with van der Waals surface area (Å²) < 4.78 is 13.1. The second-order valence-corrected chi connectivity index (χ2v) is 18.8. The van der Waals surface area contributed by atoms with Crippen LogP contribution in [0.4, 0.5) is 11.6 Å². The average molecular weight is 875 g/mol. The number of anilines is 2. The molecule has 1 saturated heterocycles. The first-order chi connectivity index (χ1) is 30.8. The molecule has 3 aromatic rings. The zero-order valence-electron chi connectivity index (χ0n) is 38.0. The van der Waals surface area contributed by atoms with E-state index in [1.807, 2.05) is 45.2 Å². The van der Waals surface area contributed by atoms with E-state index in [2.05, 4.69) is 58.0 Å². The second kappa shape index (κ2) is 20.0. The molecular formula is C51H66N6O7. The number of ether oxygens (including phenoxy) is 2. The van der Waals surface area contributed by atoms with Gasteiger partial charge in [-0.2, -0.15) is 0 Å². The largest absolute Gasteiger partial charge is 0.459 e. The molecule has 13 nitrogen and oxygen atoms in total. The van der Waals surface area contributed by atoms with Gasteiger partial charge in [0.1, 0.15) is 17.7 Å². The highest BCUT2D eigenvalue weighted by atomic mass is 16.7. The molecule has 64 heavy (non-hydrogen) atoms. The number of ketones is 2. The van der Waals surface area contributed by atoms with Gasteiger partial charge in [0.15, 0.2) is 11.4 Å². The van der Waals surface area contributed by atoms with Crippen LogP contribution in [0, 0.1) is 17.3 Å². The third kappa shape index (κ3) is 9.65. The van der Waals surface area contributed by atoms with Gasteiger partial charge in [-0.1, -0.05) is 68.8 Å². The number of aromatic nitrogens is 2. The predicted octanol–water partition coefficient (Wildman–Crippen LogP) is 6.25. The number of nitrogens with zero attached hydrogens (tertiary/aromatic N) is 2. The van der Waals surface area contributed by atoms with Crippen molar-refractivity contribution >= 4 is 29.2 Å². The van der Waals surface area contributed by atoms with Crippen LogP contribution < -0.4 is 21.7 Å². The average Bonchev–Trinajstić information content (AvgIpc) is 3.99. The van der Waals surface area contributed by atoms with Crippen LogP contribution in [-0.4, -0.2) is 94.5 Å². The van der Waals surface area contributed by atoms with E-state index in [0.29, 0.717) is 68.7 Å². The molecule has 7 rings (SSSR count). The van der Waals surface area contributed by atoms with Crippen LogP contribution in [-0.2, 0) is 33.5 Å². The quantitative estimate of drug-likeness (QED) is 0.0231. The van der Waals surface area contributed by atoms with Crippen LogP contribution in [0.25, 0.3) is 0 Å². The number of carbonyl (C=O) groups is 3. The Kier molecular flexibility index (Phi) is 14.7. The van der Waals surface area contributed by atoms with E-state index in [0.717, 1.165) is 41.8 Å². The van der Waals surface area contributed by atoms with Crippen molar-refractivity contribution < 1.29 is 34.1 Å². The van der Waals surface area contributed by atoms with Gasteiger partial charge in [0.2, 0.25) is 5.78 Å². The van der Waals surface area contributed by atoms with Crippen LogP contribution in [0.3, 0.4) is 0 Å². The smallest absolute Gasteiger partial charge is 0.350 e. The first-order valence-electron chi connectivity index (χ1n) is 23.0. The Morgan fingerprint density at radius 2 is 1.92 bits per heavy atom. The number of allylic oxidation sites excluding steroid dienone is 4. The van der Waals surface area contributed by atoms with E-state index in [9.17, 15) is 10.2 Å². The maximum Gasteiger partial charge on any atom is 0.350 e. The molecule has 3 heterocycles. The Morgan fingerprint density at radius 1 is 1.09 bits per heavy atom. The van der Waals surface area contributed by atoms with Gasteiger partial charge in [-0.3, -0.25) is 9.59 Å². The number of fused-ring (bicyclic) bond motifs is 3. The van der Waals surface area contributed by atoms with Crippen molar-refractivity contribution in [2.45, 2.75) is 115 Å². The monoisotopic (exact) mass is 874 g/mol. The molecule has 4 aliphatic rings. The molecule has 6 atom stereocenters. The molecule has 0 saturated carbocycles. The van der Waals surface area contributed by atoms with Gasteiger partial charge in [0.05, 0.1) is 13.3 Å². The fourth-order valence-electron chi connectivity index (χ4n) is 10.3. The molecule has 0 bridgehead atoms. The number of aliphatic hydroxyl groups is 2. The third-order valence-electron chi connectivity index (χ3n) is 13.6. The molecule has 0 spiro atoms. The zero-order valence-corrected chi connectivity index (χ0v) is 38.0. The summed E-state index contributed by atoms with van der Waals surface area (Å²) in [5.41, 5.74) is 6.90. The molecule has 0 amide bonds. The lowest BCUT2D eigenvalue weighted by Crippen LogP contribution is -2.53. The number of aryl methyl sites for hydroxylation is 1. The summed E-state index contributed by atoms with van der Waals surface area (Å²) in [6, 6.07) is 12.8. The molecule has 7 N–H and O–H groups in total. The second-order valence-electron chi connectivity index (χ2n) is 18.8. The Balaban J connectivity index is 1.25. The molecule has 0 radical (unpaired) electrons. The molecule has 2 aromatic heterocycles. The van der Waals surface area contributed by atoms with Crippen molar-refractivity contribution in [1.82, 2.24) is 20.6 Å². The van der Waals surface area contributed by atoms with Crippen molar-refractivity contribution in [2.24, 2.45) is 17.3 Å². The molecule has 1 aliphatic heterocycles. The third-order valence-corrected chi connectivity index (χ3v) is 13.6. The number of hydrogen-bond donors (Lipinski definition) is 6. The fourth-order valence-corrected chi connectivity index (χ4v) is 10.3. The van der Waals surface area contributed by atoms with E-state index in [4.69, 9.17) is 15.2 Å². The van der Waals surface area contributed by atoms with Crippen LogP contribution in [0.2, 0.25) is 0 Å². The lowest BCUT2D eigenvalue weighted by atomic mass is 9.68. The Labute approximate surface area is 377 Å². The molecule has 342 valence electrons. The van der Waals surface area contributed by atoms with Crippen molar-refractivity contribution in [1.29, 1.82) is 0 Å². The minimum atomic E-state index is -2.27. The molecule has 3 aliphatic carbocycles. The number of nitrogens with two attached hydrogens (primary N) is 1. The first-order valence-corrected chi connectivity index (χ1v) is 23.0. The van der Waals surface area contributed by atoms with E-state index in [1.54, 1.807) is 30.6 Å². The SMILES string of the molecule is CCN[C@@H]1C=C2C=CCC[C@H]2C[C@H]1[C@H](CCCO)OC(=O)[C@]12O[C@@]1(C/C(CO)=C(\C)CCc1ccnc(NCNC)c1)C(=O)c1cccc(CC(C)(C)Cc3ccc(N)nc3)c1C2=O. The number of benzene rings is 1. The van der Waals surface area contributed by atoms with E-state index in [1.165, 1.54) is 5.57 Å². The first kappa shape index (κ1) is 46.9. The van der Waals surface area contributed by atoms with Gasteiger partial charge in [-0.25, -0.2) is 14.8 Å². The highest BCUT2D eigenvalue weighted by Gasteiger charge is 2.86. The summed E-state index contributed by atoms with van der Waals surface area (Å²) in [6.45, 7) is 8.88. The summed E-state index contributed by atoms with van der Waals surface area (Å²) in [4.78, 5) is 54.6. The van der Waals surface area contributed by atoms with E-state index >= 15 is 14.4 Å². The number of esters is 1. The number of pyridine rings is 2. The minimum absolute atomic E-state index is 0.0982. The van der Waals surface area contributed by atoms with Crippen molar-refractivity contribution in [2.75, 3.05) is 44.5 Å². The zero-order chi connectivity index (χ0) is 45.6. The number of Topliss-reactive ketones (excluding diaryl/α,β-unsaturated/α-hetero) is 2. The fraction of sp³-hybridized carbons (Fsp3) is 0.510. The standard InChI is InChI=1S/C51H66N6O7/c1-6-54-41-25-36-12-8-7-11-35(36)24-40(41)42(15-10-22-58)63-48(62)51-47(61)45-37(27-49(3,4)26-34-18-19-43(52)56-29-34)13-9-14-39(45)46(60)50(51,64-51)28-38(30-59)32(2)16-17-33-20-21-55-44(23-33)57-31-53-5/h8-9,12-14,18-21,23,25,29,35,40-42,53-54,58-59H,6-7,10-11,15-17,22,24,26-28,30-31H2,1-5H3,(H2,52,56)(H,55,57)/b38-32-/t35-,40+,41+,42-,50-,51-/m0/s1. The highest BCUT2D eigenvalue weighted by Crippen LogP contribution is 2.60. The van der Waals surface area contributed by atoms with Crippen molar-refractivity contribution in [3.63, 3.8) is 0 Å². The van der Waals surface area contributed by atoms with Gasteiger partial charge in [-0.05, 0) is 136 Å². The van der Waals surface area contributed by atoms with Gasteiger partial charge < -0.3 is 41.4 Å². The summed E-state index contributed by atoms with van der Waals surface area (Å²) in [7, 11) is 1.85. The minimum Gasteiger partial charge on any atom is -0.459 e. The van der Waals surface area contributed by atoms with Gasteiger partial charge >= 0.3 is 5.97 Å². The van der Waals surface area contributed by atoms with E-state index < -0.39 is 46.9 Å². The molecular weight excluding hydrogens is 809 g/mol. The maximum atomic E-state index is 15.5. The Morgan fingerprint density at radius 3 is 2.66 bits per heavy atom.